The van der Waals surface area contributed by atoms with Gasteiger partial charge in [0, 0.05) is 39.4 Å². The summed E-state index contributed by atoms with van der Waals surface area (Å²) < 4.78 is 12.5. The van der Waals surface area contributed by atoms with Gasteiger partial charge in [0.1, 0.15) is 0 Å². The maximum atomic E-state index is 11.3. The summed E-state index contributed by atoms with van der Waals surface area (Å²) in [6.45, 7) is 2.85. The Morgan fingerprint density at radius 2 is 2.35 bits per heavy atom. The third-order valence-corrected chi connectivity index (χ3v) is 5.47. The Bertz CT molecular complexity index is 435. The quantitative estimate of drug-likeness (QED) is 0.925. The highest BCUT2D eigenvalue weighted by Gasteiger charge is 2.24. The zero-order valence-corrected chi connectivity index (χ0v) is 12.6. The van der Waals surface area contributed by atoms with E-state index in [1.165, 1.54) is 15.6 Å². The highest BCUT2D eigenvalue weighted by Crippen LogP contribution is 2.35. The average Bonchev–Trinajstić information content (AvgIpc) is 2.70. The molecule has 1 aliphatic rings. The number of rotatable bonds is 4. The van der Waals surface area contributed by atoms with Crippen LogP contribution >= 0.6 is 15.9 Å². The molecule has 0 saturated heterocycles. The molecule has 0 saturated carbocycles. The molecule has 1 aromatic rings. The predicted molar refractivity (Wildman–Crippen MR) is 76.7 cm³/mol. The second kappa shape index (κ2) is 5.63. The summed E-state index contributed by atoms with van der Waals surface area (Å²) in [5, 5.41) is 3.75. The highest BCUT2D eigenvalue weighted by molar-refractivity contribution is 9.10. The Kier molecular flexibility index (Phi) is 4.39. The van der Waals surface area contributed by atoms with Crippen molar-refractivity contribution in [3.63, 3.8) is 0 Å². The minimum absolute atomic E-state index is 0.214. The van der Waals surface area contributed by atoms with Crippen LogP contribution in [0.3, 0.4) is 0 Å². The Morgan fingerprint density at radius 3 is 3.06 bits per heavy atom. The van der Waals surface area contributed by atoms with E-state index in [4.69, 9.17) is 0 Å². The van der Waals surface area contributed by atoms with Crippen LogP contribution in [-0.4, -0.2) is 22.3 Å². The fourth-order valence-electron chi connectivity index (χ4n) is 2.25. The van der Waals surface area contributed by atoms with Gasteiger partial charge in [0.15, 0.2) is 0 Å². The topological polar surface area (TPSA) is 29.1 Å². The molecule has 1 aromatic carbocycles. The van der Waals surface area contributed by atoms with Crippen molar-refractivity contribution in [2.24, 2.45) is 0 Å². The molecule has 0 aromatic heterocycles. The Labute approximate surface area is 114 Å². The van der Waals surface area contributed by atoms with Crippen LogP contribution in [0.1, 0.15) is 30.5 Å². The number of fused-ring (bicyclic) bond motifs is 1. The maximum Gasteiger partial charge on any atom is 0.0441 e. The van der Waals surface area contributed by atoms with Gasteiger partial charge in [-0.25, -0.2) is 0 Å². The first-order valence-corrected chi connectivity index (χ1v) is 8.34. The summed E-state index contributed by atoms with van der Waals surface area (Å²) in [6, 6.07) is 6.81. The molecular formula is C13H18BrNOS. The minimum atomic E-state index is -0.744. The van der Waals surface area contributed by atoms with Gasteiger partial charge in [-0.1, -0.05) is 28.1 Å². The van der Waals surface area contributed by atoms with E-state index in [2.05, 4.69) is 39.4 Å². The molecule has 17 heavy (non-hydrogen) atoms. The first-order chi connectivity index (χ1) is 8.09. The lowest BCUT2D eigenvalue weighted by molar-refractivity contribution is 0.529. The number of nitrogens with one attached hydrogen (secondary N) is 1. The molecule has 0 radical (unpaired) electrons. The Hall–Kier alpha value is -0.190. The van der Waals surface area contributed by atoms with Gasteiger partial charge in [0.2, 0.25) is 0 Å². The molecular weight excluding hydrogens is 298 g/mol. The monoisotopic (exact) mass is 315 g/mol. The molecule has 0 spiro atoms. The molecule has 2 rings (SSSR count). The normalized spacial score (nSPS) is 22.2. The number of hydrogen-bond acceptors (Lipinski definition) is 2. The van der Waals surface area contributed by atoms with Crippen LogP contribution in [0.2, 0.25) is 0 Å². The number of hydrogen-bond donors (Lipinski definition) is 1. The number of benzene rings is 1. The van der Waals surface area contributed by atoms with Gasteiger partial charge in [0.05, 0.1) is 0 Å². The van der Waals surface area contributed by atoms with Crippen molar-refractivity contribution < 1.29 is 4.21 Å². The smallest absolute Gasteiger partial charge is 0.0441 e. The molecule has 0 fully saturated rings. The van der Waals surface area contributed by atoms with Crippen LogP contribution in [0.15, 0.2) is 22.7 Å². The van der Waals surface area contributed by atoms with Crippen molar-refractivity contribution in [2.45, 2.75) is 31.1 Å². The van der Waals surface area contributed by atoms with Gasteiger partial charge < -0.3 is 5.32 Å². The van der Waals surface area contributed by atoms with Gasteiger partial charge in [0.25, 0.3) is 0 Å². The van der Waals surface area contributed by atoms with E-state index >= 15 is 0 Å². The summed E-state index contributed by atoms with van der Waals surface area (Å²) in [5.41, 5.74) is 2.82. The Balaban J connectivity index is 2.03. The van der Waals surface area contributed by atoms with Crippen LogP contribution < -0.4 is 5.32 Å². The maximum absolute atomic E-state index is 11.3. The third kappa shape index (κ3) is 2.98. The van der Waals surface area contributed by atoms with Crippen molar-refractivity contribution in [2.75, 3.05) is 12.8 Å². The van der Waals surface area contributed by atoms with E-state index in [0.717, 1.165) is 19.4 Å². The first kappa shape index (κ1) is 13.2. The lowest BCUT2D eigenvalue weighted by atomic mass is 10.1. The molecule has 0 bridgehead atoms. The molecule has 3 atom stereocenters. The van der Waals surface area contributed by atoms with Gasteiger partial charge in [-0.2, -0.15) is 0 Å². The van der Waals surface area contributed by atoms with E-state index < -0.39 is 10.8 Å². The van der Waals surface area contributed by atoms with Crippen molar-refractivity contribution in [3.05, 3.63) is 33.8 Å². The van der Waals surface area contributed by atoms with Gasteiger partial charge >= 0.3 is 0 Å². The molecule has 2 nitrogen and oxygen atoms in total. The van der Waals surface area contributed by atoms with Crippen LogP contribution in [-0.2, 0) is 17.2 Å². The standard InChI is InChI=1S/C13H18BrNOS/c1-9(17(2)16)8-15-13-7-6-10-11(13)4-3-5-12(10)14/h3-5,9,13,15H,6-8H2,1-2H3. The SMILES string of the molecule is CC(CNC1CCc2c(Br)cccc21)S(C)=O. The first-order valence-electron chi connectivity index (χ1n) is 5.92. The molecule has 0 aliphatic heterocycles. The minimum Gasteiger partial charge on any atom is -0.309 e. The zero-order valence-electron chi connectivity index (χ0n) is 10.2. The average molecular weight is 316 g/mol. The van der Waals surface area contributed by atoms with Crippen LogP contribution in [0.25, 0.3) is 0 Å². The van der Waals surface area contributed by atoms with Crippen molar-refractivity contribution in [1.29, 1.82) is 0 Å². The second-order valence-corrected chi connectivity index (χ2v) is 7.27. The van der Waals surface area contributed by atoms with Gasteiger partial charge in [-0.15, -0.1) is 0 Å². The van der Waals surface area contributed by atoms with E-state index in [-0.39, 0.29) is 5.25 Å². The fourth-order valence-corrected chi connectivity index (χ4v) is 3.16. The molecule has 0 heterocycles. The van der Waals surface area contributed by atoms with Crippen molar-refractivity contribution >= 4 is 26.7 Å². The van der Waals surface area contributed by atoms with Gasteiger partial charge in [-0.3, -0.25) is 4.21 Å². The van der Waals surface area contributed by atoms with E-state index in [0.29, 0.717) is 6.04 Å². The van der Waals surface area contributed by atoms with E-state index in [1.54, 1.807) is 6.26 Å². The van der Waals surface area contributed by atoms with Crippen LogP contribution in [0, 0.1) is 0 Å². The van der Waals surface area contributed by atoms with E-state index in [1.807, 2.05) is 6.92 Å². The molecule has 4 heteroatoms. The molecule has 3 unspecified atom stereocenters. The number of halogens is 1. The Morgan fingerprint density at radius 1 is 1.59 bits per heavy atom. The van der Waals surface area contributed by atoms with E-state index in [9.17, 15) is 4.21 Å². The van der Waals surface area contributed by atoms with Crippen molar-refractivity contribution in [1.82, 2.24) is 5.32 Å². The lowest BCUT2D eigenvalue weighted by Crippen LogP contribution is -2.30. The summed E-state index contributed by atoms with van der Waals surface area (Å²) in [4.78, 5) is 0. The predicted octanol–water partition coefficient (Wildman–Crippen LogP) is 2.79. The van der Waals surface area contributed by atoms with Crippen LogP contribution in [0.5, 0.6) is 0 Å². The molecule has 0 amide bonds. The highest BCUT2D eigenvalue weighted by atomic mass is 79.9. The third-order valence-electron chi connectivity index (χ3n) is 3.43. The van der Waals surface area contributed by atoms with Crippen molar-refractivity contribution in [3.8, 4) is 0 Å². The summed E-state index contributed by atoms with van der Waals surface area (Å²) in [7, 11) is -0.744. The summed E-state index contributed by atoms with van der Waals surface area (Å²) in [5.74, 6) is 0. The molecule has 1 N–H and O–H groups in total. The zero-order chi connectivity index (χ0) is 12.4. The largest absolute Gasteiger partial charge is 0.309 e. The molecule has 94 valence electrons. The lowest BCUT2D eigenvalue weighted by Gasteiger charge is -2.16. The van der Waals surface area contributed by atoms with Gasteiger partial charge in [-0.05, 0) is 37.0 Å². The second-order valence-electron chi connectivity index (χ2n) is 4.62. The fraction of sp³-hybridized carbons (Fsp3) is 0.538. The molecule has 1 aliphatic carbocycles. The van der Waals surface area contributed by atoms with Crippen LogP contribution in [0.4, 0.5) is 0 Å². The summed E-state index contributed by atoms with van der Waals surface area (Å²) in [6.07, 6.45) is 4.03. The summed E-state index contributed by atoms with van der Waals surface area (Å²) >= 11 is 3.60.